The quantitative estimate of drug-likeness (QED) is 0.785. The third kappa shape index (κ3) is 2.08. The predicted molar refractivity (Wildman–Crippen MR) is 75.7 cm³/mol. The lowest BCUT2D eigenvalue weighted by atomic mass is 10.1. The van der Waals surface area contributed by atoms with E-state index in [2.05, 4.69) is 15.5 Å². The second-order valence-corrected chi connectivity index (χ2v) is 5.00. The maximum Gasteiger partial charge on any atom is 0.275 e. The highest BCUT2D eigenvalue weighted by Crippen LogP contribution is 2.16. The zero-order valence-electron chi connectivity index (χ0n) is 11.2. The molecule has 1 aliphatic rings. The first-order valence-electron chi connectivity index (χ1n) is 6.67. The second-order valence-electron chi connectivity index (χ2n) is 5.00. The van der Waals surface area contributed by atoms with E-state index < -0.39 is 0 Å². The summed E-state index contributed by atoms with van der Waals surface area (Å²) in [5.74, 6) is -0.133. The SMILES string of the molecule is C[C@@H]1CNCCN1C(=O)c1n[nH]c(=O)c2ccccc12. The fraction of sp³-hybridized carbons (Fsp3) is 0.357. The molecule has 0 spiro atoms. The van der Waals surface area contributed by atoms with Gasteiger partial charge in [-0.2, -0.15) is 5.10 Å². The van der Waals surface area contributed by atoms with Gasteiger partial charge >= 0.3 is 0 Å². The summed E-state index contributed by atoms with van der Waals surface area (Å²) in [5.41, 5.74) is 0.0412. The van der Waals surface area contributed by atoms with Crippen LogP contribution in [0, 0.1) is 0 Å². The molecule has 1 saturated heterocycles. The topological polar surface area (TPSA) is 78.1 Å². The summed E-state index contributed by atoms with van der Waals surface area (Å²) in [6, 6.07) is 7.16. The molecule has 104 valence electrons. The molecule has 2 heterocycles. The number of piperazine rings is 1. The van der Waals surface area contributed by atoms with Gasteiger partial charge in [0.15, 0.2) is 5.69 Å². The Hall–Kier alpha value is -2.21. The zero-order chi connectivity index (χ0) is 14.1. The number of amides is 1. The van der Waals surface area contributed by atoms with Crippen LogP contribution in [-0.4, -0.2) is 46.7 Å². The van der Waals surface area contributed by atoms with E-state index in [1.165, 1.54) is 0 Å². The third-order valence-corrected chi connectivity index (χ3v) is 3.66. The van der Waals surface area contributed by atoms with Crippen molar-refractivity contribution in [2.45, 2.75) is 13.0 Å². The molecule has 1 aromatic carbocycles. The summed E-state index contributed by atoms with van der Waals surface area (Å²) in [4.78, 5) is 26.2. The van der Waals surface area contributed by atoms with Crippen LogP contribution in [-0.2, 0) is 0 Å². The maximum atomic E-state index is 12.6. The van der Waals surface area contributed by atoms with Crippen molar-refractivity contribution in [3.8, 4) is 0 Å². The van der Waals surface area contributed by atoms with E-state index in [9.17, 15) is 9.59 Å². The van der Waals surface area contributed by atoms with Crippen molar-refractivity contribution in [1.82, 2.24) is 20.4 Å². The normalized spacial score (nSPS) is 19.2. The number of H-pyrrole nitrogens is 1. The van der Waals surface area contributed by atoms with E-state index in [1.54, 1.807) is 29.2 Å². The molecule has 20 heavy (non-hydrogen) atoms. The molecule has 0 unspecified atom stereocenters. The Balaban J connectivity index is 2.08. The predicted octanol–water partition coefficient (Wildman–Crippen LogP) is 0.357. The number of carbonyl (C=O) groups is 1. The fourth-order valence-electron chi connectivity index (χ4n) is 2.56. The molecule has 0 aliphatic carbocycles. The Morgan fingerprint density at radius 2 is 2.10 bits per heavy atom. The maximum absolute atomic E-state index is 12.6. The molecule has 1 atom stereocenters. The minimum atomic E-state index is -0.273. The summed E-state index contributed by atoms with van der Waals surface area (Å²) in [5, 5.41) is 10.7. The summed E-state index contributed by atoms with van der Waals surface area (Å²) in [6.07, 6.45) is 0. The number of benzene rings is 1. The minimum absolute atomic E-state index is 0.115. The highest BCUT2D eigenvalue weighted by Gasteiger charge is 2.26. The number of aromatic amines is 1. The van der Waals surface area contributed by atoms with E-state index in [1.807, 2.05) is 6.92 Å². The van der Waals surface area contributed by atoms with Gasteiger partial charge in [-0.15, -0.1) is 0 Å². The standard InChI is InChI=1S/C14H16N4O2/c1-9-8-15-6-7-18(9)14(20)12-10-4-2-3-5-11(10)13(19)17-16-12/h2-5,9,15H,6-8H2,1H3,(H,17,19)/t9-/m1/s1. The fourth-order valence-corrected chi connectivity index (χ4v) is 2.56. The smallest absolute Gasteiger partial charge is 0.275 e. The lowest BCUT2D eigenvalue weighted by Crippen LogP contribution is -2.52. The van der Waals surface area contributed by atoms with Crippen LogP contribution in [0.25, 0.3) is 10.8 Å². The van der Waals surface area contributed by atoms with Gasteiger partial charge in [0.2, 0.25) is 0 Å². The molecule has 1 amide bonds. The van der Waals surface area contributed by atoms with Gasteiger partial charge in [0.1, 0.15) is 0 Å². The molecule has 0 bridgehead atoms. The van der Waals surface area contributed by atoms with Gasteiger partial charge in [-0.25, -0.2) is 5.10 Å². The molecule has 2 N–H and O–H groups in total. The van der Waals surface area contributed by atoms with Crippen molar-refractivity contribution < 1.29 is 4.79 Å². The number of aromatic nitrogens is 2. The number of hydrogen-bond acceptors (Lipinski definition) is 4. The van der Waals surface area contributed by atoms with Crippen molar-refractivity contribution in [3.05, 3.63) is 40.3 Å². The molecular weight excluding hydrogens is 256 g/mol. The molecule has 6 heteroatoms. The van der Waals surface area contributed by atoms with Crippen molar-refractivity contribution >= 4 is 16.7 Å². The zero-order valence-corrected chi connectivity index (χ0v) is 11.2. The van der Waals surface area contributed by atoms with E-state index in [-0.39, 0.29) is 17.5 Å². The Labute approximate surface area is 115 Å². The third-order valence-electron chi connectivity index (χ3n) is 3.66. The van der Waals surface area contributed by atoms with Crippen molar-refractivity contribution in [2.75, 3.05) is 19.6 Å². The average molecular weight is 272 g/mol. The lowest BCUT2D eigenvalue weighted by molar-refractivity contribution is 0.0650. The first-order chi connectivity index (χ1) is 9.68. The van der Waals surface area contributed by atoms with Crippen LogP contribution in [0.3, 0.4) is 0 Å². The van der Waals surface area contributed by atoms with Gasteiger partial charge in [-0.1, -0.05) is 18.2 Å². The molecule has 1 aliphatic heterocycles. The highest BCUT2D eigenvalue weighted by atomic mass is 16.2. The van der Waals surface area contributed by atoms with E-state index in [0.29, 0.717) is 23.0 Å². The van der Waals surface area contributed by atoms with Crippen molar-refractivity contribution in [3.63, 3.8) is 0 Å². The van der Waals surface area contributed by atoms with Crippen LogP contribution in [0.15, 0.2) is 29.1 Å². The number of nitrogens with zero attached hydrogens (tertiary/aromatic N) is 2. The van der Waals surface area contributed by atoms with Crippen molar-refractivity contribution in [1.29, 1.82) is 0 Å². The molecule has 6 nitrogen and oxygen atoms in total. The molecule has 1 aromatic heterocycles. The van der Waals surface area contributed by atoms with E-state index >= 15 is 0 Å². The van der Waals surface area contributed by atoms with Crippen LogP contribution in [0.4, 0.5) is 0 Å². The first-order valence-corrected chi connectivity index (χ1v) is 6.67. The number of rotatable bonds is 1. The first kappa shape index (κ1) is 12.8. The van der Waals surface area contributed by atoms with E-state index in [0.717, 1.165) is 13.1 Å². The van der Waals surface area contributed by atoms with Gasteiger partial charge in [0.25, 0.3) is 11.5 Å². The van der Waals surface area contributed by atoms with Gasteiger partial charge in [0, 0.05) is 31.1 Å². The van der Waals surface area contributed by atoms with Crippen LogP contribution in [0.2, 0.25) is 0 Å². The Bertz CT molecular complexity index is 710. The van der Waals surface area contributed by atoms with Crippen LogP contribution >= 0.6 is 0 Å². The Kier molecular flexibility index (Phi) is 3.23. The van der Waals surface area contributed by atoms with Crippen molar-refractivity contribution in [2.24, 2.45) is 0 Å². The molecule has 0 radical (unpaired) electrons. The second kappa shape index (κ2) is 5.05. The summed E-state index contributed by atoms with van der Waals surface area (Å²) < 4.78 is 0. The Morgan fingerprint density at radius 3 is 2.85 bits per heavy atom. The molecule has 0 saturated carbocycles. The van der Waals surface area contributed by atoms with Gasteiger partial charge < -0.3 is 10.2 Å². The molecule has 2 aromatic rings. The average Bonchev–Trinajstić information content (AvgIpc) is 2.48. The number of fused-ring (bicyclic) bond motifs is 1. The van der Waals surface area contributed by atoms with E-state index in [4.69, 9.17) is 0 Å². The molecule has 1 fully saturated rings. The van der Waals surface area contributed by atoms with Crippen LogP contribution in [0.1, 0.15) is 17.4 Å². The number of nitrogens with one attached hydrogen (secondary N) is 2. The monoisotopic (exact) mass is 272 g/mol. The van der Waals surface area contributed by atoms with Crippen LogP contribution < -0.4 is 10.9 Å². The molecular formula is C14H16N4O2. The summed E-state index contributed by atoms with van der Waals surface area (Å²) in [7, 11) is 0. The highest BCUT2D eigenvalue weighted by molar-refractivity contribution is 6.04. The van der Waals surface area contributed by atoms with Gasteiger partial charge in [-0.05, 0) is 13.0 Å². The lowest BCUT2D eigenvalue weighted by Gasteiger charge is -2.33. The number of carbonyl (C=O) groups excluding carboxylic acids is 1. The largest absolute Gasteiger partial charge is 0.332 e. The number of hydrogen-bond donors (Lipinski definition) is 2. The molecule has 3 rings (SSSR count). The van der Waals surface area contributed by atoms with Gasteiger partial charge in [-0.3, -0.25) is 9.59 Å². The van der Waals surface area contributed by atoms with Gasteiger partial charge in [0.05, 0.1) is 5.39 Å². The minimum Gasteiger partial charge on any atom is -0.332 e. The summed E-state index contributed by atoms with van der Waals surface area (Å²) in [6.45, 7) is 4.19. The van der Waals surface area contributed by atoms with Crippen LogP contribution in [0.5, 0.6) is 0 Å². The Morgan fingerprint density at radius 1 is 1.35 bits per heavy atom. The summed E-state index contributed by atoms with van der Waals surface area (Å²) >= 11 is 0.